The number of nitrogens with one attached hydrogen (secondary N) is 1. The second kappa shape index (κ2) is 7.38. The first kappa shape index (κ1) is 21.6. The zero-order valence-electron chi connectivity index (χ0n) is 18.0. The van der Waals surface area contributed by atoms with E-state index in [0.29, 0.717) is 24.8 Å². The van der Waals surface area contributed by atoms with Crippen molar-refractivity contribution in [2.45, 2.75) is 37.1 Å². The van der Waals surface area contributed by atoms with Crippen LogP contribution in [0.25, 0.3) is 0 Å². The molecule has 2 aliphatic heterocycles. The highest BCUT2D eigenvalue weighted by Gasteiger charge is 2.81. The lowest BCUT2D eigenvalue weighted by atomic mass is 9.50. The fourth-order valence-corrected chi connectivity index (χ4v) is 5.94. The highest BCUT2D eigenvalue weighted by molar-refractivity contribution is 5.89. The van der Waals surface area contributed by atoms with Crippen LogP contribution in [0.2, 0.25) is 0 Å². The Balaban J connectivity index is 1.66. The van der Waals surface area contributed by atoms with Crippen molar-refractivity contribution < 1.29 is 14.4 Å². The van der Waals surface area contributed by atoms with Crippen LogP contribution in [0.5, 0.6) is 0 Å². The summed E-state index contributed by atoms with van der Waals surface area (Å²) in [7, 11) is 0. The summed E-state index contributed by atoms with van der Waals surface area (Å²) in [6, 6.07) is 21.4. The van der Waals surface area contributed by atoms with E-state index in [1.807, 2.05) is 42.5 Å². The third-order valence-electron chi connectivity index (χ3n) is 7.59. The normalized spacial score (nSPS) is 32.9. The van der Waals surface area contributed by atoms with E-state index < -0.39 is 39.5 Å². The van der Waals surface area contributed by atoms with E-state index in [0.717, 1.165) is 5.56 Å². The Bertz CT molecular complexity index is 1290. The molecule has 9 heteroatoms. The molecule has 0 amide bonds. The third kappa shape index (κ3) is 2.58. The maximum absolute atomic E-state index is 11.1. The van der Waals surface area contributed by atoms with Crippen molar-refractivity contribution in [1.82, 2.24) is 0 Å². The maximum Gasteiger partial charge on any atom is 0.269 e. The van der Waals surface area contributed by atoms with Crippen LogP contribution in [0, 0.1) is 66.3 Å². The minimum absolute atomic E-state index is 0.0520. The maximum atomic E-state index is 11.1. The number of benzene rings is 2. The summed E-state index contributed by atoms with van der Waals surface area (Å²) >= 11 is 0. The molecule has 1 N–H and O–H groups in total. The van der Waals surface area contributed by atoms with Crippen molar-refractivity contribution in [3.63, 3.8) is 0 Å². The quantitative estimate of drug-likeness (QED) is 0.529. The van der Waals surface area contributed by atoms with E-state index >= 15 is 0 Å². The molecule has 9 nitrogen and oxygen atoms in total. The lowest BCUT2D eigenvalue weighted by Crippen LogP contribution is -2.60. The van der Waals surface area contributed by atoms with E-state index in [1.165, 1.54) is 24.3 Å². The highest BCUT2D eigenvalue weighted by atomic mass is 16.7. The van der Waals surface area contributed by atoms with E-state index in [-0.39, 0.29) is 11.6 Å². The SMILES string of the molecule is N#CC1(C#N)C(c2ccc([N+](=O)[O-])cc2)OC23CCC(c4ccccc4)CC2C1(C#N)C(=N)O3. The van der Waals surface area contributed by atoms with Crippen LogP contribution in [0.15, 0.2) is 54.6 Å². The Labute approximate surface area is 195 Å². The van der Waals surface area contributed by atoms with Crippen molar-refractivity contribution >= 4 is 11.6 Å². The van der Waals surface area contributed by atoms with Gasteiger partial charge in [-0.1, -0.05) is 30.3 Å². The molecule has 0 radical (unpaired) electrons. The van der Waals surface area contributed by atoms with E-state index in [9.17, 15) is 25.9 Å². The first-order valence-corrected chi connectivity index (χ1v) is 10.9. The lowest BCUT2D eigenvalue weighted by Gasteiger charge is -2.52. The van der Waals surface area contributed by atoms with Gasteiger partial charge in [-0.2, -0.15) is 15.8 Å². The molecule has 3 fully saturated rings. The molecule has 2 bridgehead atoms. The average molecular weight is 453 g/mol. The Morgan fingerprint density at radius 1 is 1.00 bits per heavy atom. The van der Waals surface area contributed by atoms with E-state index in [2.05, 4.69) is 6.07 Å². The molecular weight excluding hydrogens is 434 g/mol. The number of nitro groups is 1. The van der Waals surface area contributed by atoms with Crippen LogP contribution in [-0.4, -0.2) is 16.6 Å². The summed E-state index contributed by atoms with van der Waals surface area (Å²) in [6.45, 7) is 0. The first-order chi connectivity index (χ1) is 16.4. The highest BCUT2D eigenvalue weighted by Crippen LogP contribution is 2.70. The Morgan fingerprint density at radius 2 is 1.68 bits per heavy atom. The number of nitro benzene ring substituents is 1. The van der Waals surface area contributed by atoms with Gasteiger partial charge in [0.25, 0.3) is 5.69 Å². The van der Waals surface area contributed by atoms with Gasteiger partial charge in [-0.15, -0.1) is 0 Å². The third-order valence-corrected chi connectivity index (χ3v) is 7.59. The van der Waals surface area contributed by atoms with Crippen molar-refractivity contribution in [2.75, 3.05) is 0 Å². The van der Waals surface area contributed by atoms with Crippen molar-refractivity contribution in [2.24, 2.45) is 16.7 Å². The van der Waals surface area contributed by atoms with Gasteiger partial charge in [0, 0.05) is 18.6 Å². The van der Waals surface area contributed by atoms with Gasteiger partial charge in [0.05, 0.1) is 29.0 Å². The van der Waals surface area contributed by atoms with Crippen LogP contribution >= 0.6 is 0 Å². The number of ether oxygens (including phenoxy) is 2. The van der Waals surface area contributed by atoms with Gasteiger partial charge in [-0.05, 0) is 42.0 Å². The predicted octanol–water partition coefficient (Wildman–Crippen LogP) is 4.50. The van der Waals surface area contributed by atoms with Crippen molar-refractivity contribution in [1.29, 1.82) is 21.2 Å². The average Bonchev–Trinajstić information content (AvgIpc) is 3.07. The fourth-order valence-electron chi connectivity index (χ4n) is 5.94. The topological polar surface area (TPSA) is 157 Å². The van der Waals surface area contributed by atoms with Crippen LogP contribution in [0.1, 0.15) is 42.4 Å². The van der Waals surface area contributed by atoms with Gasteiger partial charge in [0.1, 0.15) is 6.10 Å². The van der Waals surface area contributed by atoms with E-state index in [4.69, 9.17) is 14.9 Å². The van der Waals surface area contributed by atoms with Crippen molar-refractivity contribution in [3.8, 4) is 18.2 Å². The summed E-state index contributed by atoms with van der Waals surface area (Å²) in [5.74, 6) is -2.41. The number of hydrogen-bond donors (Lipinski definition) is 1. The van der Waals surface area contributed by atoms with Gasteiger partial charge >= 0.3 is 0 Å². The first-order valence-electron chi connectivity index (χ1n) is 10.9. The van der Waals surface area contributed by atoms with Crippen LogP contribution in [-0.2, 0) is 9.47 Å². The molecule has 2 aromatic rings. The molecule has 1 aliphatic carbocycles. The zero-order chi connectivity index (χ0) is 24.1. The molecule has 1 saturated carbocycles. The lowest BCUT2D eigenvalue weighted by molar-refractivity contribution is -0.384. The fraction of sp³-hybridized carbons (Fsp3) is 0.360. The van der Waals surface area contributed by atoms with Crippen molar-refractivity contribution in [3.05, 3.63) is 75.8 Å². The molecule has 5 atom stereocenters. The Kier molecular flexibility index (Phi) is 4.68. The molecule has 0 spiro atoms. The van der Waals surface area contributed by atoms with Gasteiger partial charge in [-0.3, -0.25) is 15.5 Å². The molecule has 0 aromatic heterocycles. The number of nitriles is 3. The number of non-ortho nitro benzene ring substituents is 1. The summed E-state index contributed by atoms with van der Waals surface area (Å²) < 4.78 is 12.4. The molecular formula is C25H19N5O4. The minimum atomic E-state index is -2.09. The van der Waals surface area contributed by atoms with Crippen LogP contribution in [0.3, 0.4) is 0 Å². The van der Waals surface area contributed by atoms with Crippen LogP contribution < -0.4 is 0 Å². The Morgan fingerprint density at radius 3 is 2.26 bits per heavy atom. The molecule has 3 aliphatic rings. The number of rotatable bonds is 3. The molecule has 2 heterocycles. The molecule has 2 aromatic carbocycles. The number of hydrogen-bond acceptors (Lipinski definition) is 8. The molecule has 2 saturated heterocycles. The minimum Gasteiger partial charge on any atom is -0.447 e. The summed E-state index contributed by atoms with van der Waals surface area (Å²) in [5, 5.41) is 51.0. The van der Waals surface area contributed by atoms with Gasteiger partial charge in [0.2, 0.25) is 17.1 Å². The molecule has 34 heavy (non-hydrogen) atoms. The Hall–Kier alpha value is -4.26. The second-order valence-electron chi connectivity index (χ2n) is 8.98. The van der Waals surface area contributed by atoms with Gasteiger partial charge in [0.15, 0.2) is 5.41 Å². The molecule has 5 rings (SSSR count). The summed E-state index contributed by atoms with van der Waals surface area (Å²) in [6.07, 6.45) is 0.238. The predicted molar refractivity (Wildman–Crippen MR) is 117 cm³/mol. The standard InChI is InChI=1S/C25H19N5O4/c26-13-23(14-27)21(17-6-8-19(9-7-17)30(31)32)33-25-11-10-18(16-4-2-1-3-5-16)12-20(25)24(23,15-28)22(29)34-25/h1-9,18,20-21,29H,10-12H2. The number of nitrogens with zero attached hydrogens (tertiary/aromatic N) is 4. The van der Waals surface area contributed by atoms with Crippen LogP contribution in [0.4, 0.5) is 5.69 Å². The summed E-state index contributed by atoms with van der Waals surface area (Å²) in [4.78, 5) is 10.5. The zero-order valence-corrected chi connectivity index (χ0v) is 18.0. The largest absolute Gasteiger partial charge is 0.447 e. The van der Waals surface area contributed by atoms with Gasteiger partial charge < -0.3 is 9.47 Å². The second-order valence-corrected chi connectivity index (χ2v) is 8.98. The van der Waals surface area contributed by atoms with E-state index in [1.54, 1.807) is 0 Å². The van der Waals surface area contributed by atoms with Gasteiger partial charge in [-0.25, -0.2) is 0 Å². The molecule has 168 valence electrons. The smallest absolute Gasteiger partial charge is 0.269 e. The summed E-state index contributed by atoms with van der Waals surface area (Å²) in [5.41, 5.74) is -2.67. The molecule has 5 unspecified atom stereocenters. The monoisotopic (exact) mass is 453 g/mol.